The van der Waals surface area contributed by atoms with Crippen molar-refractivity contribution in [1.82, 2.24) is 4.98 Å². The first-order valence-corrected chi connectivity index (χ1v) is 4.19. The Labute approximate surface area is 74.4 Å². The van der Waals surface area contributed by atoms with E-state index in [1.165, 1.54) is 0 Å². The lowest BCUT2D eigenvalue weighted by molar-refractivity contribution is 0.240. The highest BCUT2D eigenvalue weighted by atomic mass is 16.5. The van der Waals surface area contributed by atoms with E-state index in [9.17, 15) is 0 Å². The van der Waals surface area contributed by atoms with Crippen LogP contribution in [0, 0.1) is 6.92 Å². The summed E-state index contributed by atoms with van der Waals surface area (Å²) in [6, 6.07) is 2.02. The molecule has 64 valence electrons. The van der Waals surface area contributed by atoms with Gasteiger partial charge in [-0.05, 0) is 26.8 Å². The fourth-order valence-corrected chi connectivity index (χ4v) is 0.984. The summed E-state index contributed by atoms with van der Waals surface area (Å²) in [7, 11) is 2.01. The van der Waals surface area contributed by atoms with Gasteiger partial charge in [0.2, 0.25) is 0 Å². The Balaban J connectivity index is 2.90. The average molecular weight is 163 g/mol. The molecule has 0 fully saturated rings. The van der Waals surface area contributed by atoms with E-state index < -0.39 is 0 Å². The van der Waals surface area contributed by atoms with Crippen molar-refractivity contribution < 1.29 is 4.74 Å². The zero-order valence-electron chi connectivity index (χ0n) is 8.09. The maximum absolute atomic E-state index is 5.56. The normalized spacial score (nSPS) is 10.3. The smallest absolute Gasteiger partial charge is 0.141 e. The number of ether oxygens (including phenoxy) is 1. The molecule has 0 unspecified atom stereocenters. The number of hydrogen-bond donors (Lipinski definition) is 0. The van der Waals surface area contributed by atoms with Crippen LogP contribution in [0.3, 0.4) is 0 Å². The molecule has 3 heteroatoms. The fraction of sp³-hybridized carbons (Fsp3) is 0.444. The predicted molar refractivity (Wildman–Crippen MR) is 52.9 cm³/mol. The summed E-state index contributed by atoms with van der Waals surface area (Å²) in [4.78, 5) is 4.21. The Morgan fingerprint density at radius 2 is 2.17 bits per heavy atom. The standard InChI is InChI=1S/C9H14BNO/c1-6(2)12-9-4-8(10)5-11-7(9)3/h4-6H,10H2,1-3H3. The molecule has 0 aromatic carbocycles. The molecule has 1 rings (SSSR count). The van der Waals surface area contributed by atoms with Crippen molar-refractivity contribution in [1.29, 1.82) is 0 Å². The minimum absolute atomic E-state index is 0.215. The van der Waals surface area contributed by atoms with Gasteiger partial charge < -0.3 is 4.74 Å². The largest absolute Gasteiger partial charge is 0.489 e. The second kappa shape index (κ2) is 3.61. The van der Waals surface area contributed by atoms with Gasteiger partial charge in [-0.3, -0.25) is 4.98 Å². The third-order valence-corrected chi connectivity index (χ3v) is 1.54. The highest BCUT2D eigenvalue weighted by Crippen LogP contribution is 2.13. The van der Waals surface area contributed by atoms with Gasteiger partial charge in [-0.1, -0.05) is 5.46 Å². The van der Waals surface area contributed by atoms with Crippen LogP contribution in [0.4, 0.5) is 0 Å². The lowest BCUT2D eigenvalue weighted by Gasteiger charge is -2.11. The molecule has 12 heavy (non-hydrogen) atoms. The Hall–Kier alpha value is -0.985. The lowest BCUT2D eigenvalue weighted by Crippen LogP contribution is -2.11. The fourth-order valence-electron chi connectivity index (χ4n) is 0.984. The molecule has 0 spiro atoms. The van der Waals surface area contributed by atoms with Crippen molar-refractivity contribution in [2.24, 2.45) is 0 Å². The van der Waals surface area contributed by atoms with Crippen LogP contribution >= 0.6 is 0 Å². The first-order valence-electron chi connectivity index (χ1n) is 4.19. The second-order valence-electron chi connectivity index (χ2n) is 3.26. The van der Waals surface area contributed by atoms with Gasteiger partial charge in [0, 0.05) is 6.20 Å². The Morgan fingerprint density at radius 1 is 1.50 bits per heavy atom. The molecule has 0 aliphatic carbocycles. The summed E-state index contributed by atoms with van der Waals surface area (Å²) >= 11 is 0. The van der Waals surface area contributed by atoms with Crippen LogP contribution in [0.5, 0.6) is 5.75 Å². The van der Waals surface area contributed by atoms with Crippen molar-refractivity contribution in [3.05, 3.63) is 18.0 Å². The minimum Gasteiger partial charge on any atom is -0.489 e. The first-order chi connectivity index (χ1) is 5.59. The van der Waals surface area contributed by atoms with E-state index >= 15 is 0 Å². The van der Waals surface area contributed by atoms with E-state index in [0.717, 1.165) is 16.9 Å². The quantitative estimate of drug-likeness (QED) is 0.590. The number of aryl methyl sites for hydroxylation is 1. The van der Waals surface area contributed by atoms with Crippen LogP contribution in [0.15, 0.2) is 12.3 Å². The van der Waals surface area contributed by atoms with E-state index in [0.29, 0.717) is 0 Å². The van der Waals surface area contributed by atoms with E-state index in [4.69, 9.17) is 4.74 Å². The number of nitrogens with zero attached hydrogens (tertiary/aromatic N) is 1. The van der Waals surface area contributed by atoms with Gasteiger partial charge in [-0.2, -0.15) is 0 Å². The molecule has 0 N–H and O–H groups in total. The Morgan fingerprint density at radius 3 is 2.75 bits per heavy atom. The van der Waals surface area contributed by atoms with Crippen molar-refractivity contribution in [2.75, 3.05) is 0 Å². The number of rotatable bonds is 2. The molecule has 2 nitrogen and oxygen atoms in total. The van der Waals surface area contributed by atoms with Gasteiger partial charge in [0.25, 0.3) is 0 Å². The highest BCUT2D eigenvalue weighted by molar-refractivity contribution is 6.32. The summed E-state index contributed by atoms with van der Waals surface area (Å²) < 4.78 is 5.56. The molecular weight excluding hydrogens is 149 g/mol. The predicted octanol–water partition coefficient (Wildman–Crippen LogP) is 0.436. The van der Waals surface area contributed by atoms with Crippen molar-refractivity contribution in [3.8, 4) is 5.75 Å². The molecule has 0 atom stereocenters. The van der Waals surface area contributed by atoms with Gasteiger partial charge in [0.05, 0.1) is 11.8 Å². The van der Waals surface area contributed by atoms with Crippen molar-refractivity contribution >= 4 is 13.3 Å². The van der Waals surface area contributed by atoms with Crippen LogP contribution in [0.25, 0.3) is 0 Å². The number of pyridine rings is 1. The monoisotopic (exact) mass is 163 g/mol. The molecule has 0 aliphatic rings. The second-order valence-corrected chi connectivity index (χ2v) is 3.26. The van der Waals surface area contributed by atoms with Crippen LogP contribution in [0.1, 0.15) is 19.5 Å². The van der Waals surface area contributed by atoms with Crippen LogP contribution in [0.2, 0.25) is 0 Å². The third kappa shape index (κ3) is 2.26. The Kier molecular flexibility index (Phi) is 2.74. The molecule has 0 aliphatic heterocycles. The highest BCUT2D eigenvalue weighted by Gasteiger charge is 2.02. The molecule has 1 aromatic rings. The maximum atomic E-state index is 5.56. The van der Waals surface area contributed by atoms with E-state index in [-0.39, 0.29) is 6.10 Å². The van der Waals surface area contributed by atoms with Gasteiger partial charge in [0.15, 0.2) is 0 Å². The summed E-state index contributed by atoms with van der Waals surface area (Å²) in [5.74, 6) is 0.894. The van der Waals surface area contributed by atoms with Crippen LogP contribution in [-0.4, -0.2) is 18.9 Å². The summed E-state index contributed by atoms with van der Waals surface area (Å²) in [5.41, 5.74) is 2.09. The number of aromatic nitrogens is 1. The van der Waals surface area contributed by atoms with Gasteiger partial charge in [-0.25, -0.2) is 0 Å². The summed E-state index contributed by atoms with van der Waals surface area (Å²) in [5, 5.41) is 0. The SMILES string of the molecule is Bc1cnc(C)c(OC(C)C)c1. The van der Waals surface area contributed by atoms with E-state index in [1.54, 1.807) is 0 Å². The minimum atomic E-state index is 0.215. The molecule has 0 saturated heterocycles. The lowest BCUT2D eigenvalue weighted by atomic mass is 9.98. The molecule has 0 amide bonds. The molecule has 1 heterocycles. The van der Waals surface area contributed by atoms with Gasteiger partial charge >= 0.3 is 0 Å². The number of hydrogen-bond acceptors (Lipinski definition) is 2. The van der Waals surface area contributed by atoms with E-state index in [1.807, 2.05) is 40.9 Å². The zero-order valence-corrected chi connectivity index (χ0v) is 8.09. The van der Waals surface area contributed by atoms with Crippen molar-refractivity contribution in [2.45, 2.75) is 26.9 Å². The van der Waals surface area contributed by atoms with Crippen LogP contribution < -0.4 is 10.2 Å². The zero-order chi connectivity index (χ0) is 9.14. The summed E-state index contributed by atoms with van der Waals surface area (Å²) in [6.07, 6.45) is 2.06. The van der Waals surface area contributed by atoms with Gasteiger partial charge in [-0.15, -0.1) is 0 Å². The van der Waals surface area contributed by atoms with Gasteiger partial charge in [0.1, 0.15) is 13.6 Å². The van der Waals surface area contributed by atoms with Crippen molar-refractivity contribution in [3.63, 3.8) is 0 Å². The molecule has 1 aromatic heterocycles. The third-order valence-electron chi connectivity index (χ3n) is 1.54. The topological polar surface area (TPSA) is 22.1 Å². The average Bonchev–Trinajstić information content (AvgIpc) is 1.96. The first kappa shape index (κ1) is 9.11. The molecular formula is C9H14BNO. The van der Waals surface area contributed by atoms with Crippen LogP contribution in [-0.2, 0) is 0 Å². The maximum Gasteiger partial charge on any atom is 0.141 e. The summed E-state index contributed by atoms with van der Waals surface area (Å²) in [6.45, 7) is 5.99. The Bertz CT molecular complexity index is 273. The van der Waals surface area contributed by atoms with E-state index in [2.05, 4.69) is 4.98 Å². The molecule has 0 radical (unpaired) electrons. The molecule has 0 bridgehead atoms. The molecule has 0 saturated carbocycles.